The molecule has 0 radical (unpaired) electrons. The van der Waals surface area contributed by atoms with Crippen LogP contribution < -0.4 is 0 Å². The summed E-state index contributed by atoms with van der Waals surface area (Å²) in [5, 5.41) is 0.341. The molecule has 0 N–H and O–H groups in total. The van der Waals surface area contributed by atoms with E-state index in [1.807, 2.05) is 0 Å². The van der Waals surface area contributed by atoms with E-state index in [-0.39, 0.29) is 0 Å². The Morgan fingerprint density at radius 2 is 2.30 bits per heavy atom. The number of rotatable bonds is 1. The van der Waals surface area contributed by atoms with Crippen molar-refractivity contribution >= 4 is 11.6 Å². The van der Waals surface area contributed by atoms with E-state index in [2.05, 4.69) is 13.8 Å². The van der Waals surface area contributed by atoms with Gasteiger partial charge in [-0.3, -0.25) is 0 Å². The number of hydrogen-bond acceptors (Lipinski definition) is 1. The highest BCUT2D eigenvalue weighted by Crippen LogP contribution is 2.27. The quantitative estimate of drug-likeness (QED) is 0.539. The van der Waals surface area contributed by atoms with Gasteiger partial charge in [0, 0.05) is 17.9 Å². The monoisotopic (exact) mass is 162 g/mol. The van der Waals surface area contributed by atoms with Gasteiger partial charge in [0.15, 0.2) is 0 Å². The number of ether oxygens (including phenoxy) is 1. The molecule has 1 nitrogen and oxygen atoms in total. The second-order valence-corrected chi connectivity index (χ2v) is 3.51. The molecule has 0 aromatic heterocycles. The maximum Gasteiger partial charge on any atom is 0.0589 e. The lowest BCUT2D eigenvalue weighted by atomic mass is 9.92. The van der Waals surface area contributed by atoms with Crippen molar-refractivity contribution in [3.8, 4) is 0 Å². The molecule has 0 bridgehead atoms. The molecule has 1 aliphatic rings. The van der Waals surface area contributed by atoms with Gasteiger partial charge in [0.25, 0.3) is 0 Å². The minimum absolute atomic E-state index is 0.341. The number of alkyl halides is 1. The van der Waals surface area contributed by atoms with Crippen molar-refractivity contribution in [2.24, 2.45) is 5.92 Å². The minimum atomic E-state index is 0.341. The van der Waals surface area contributed by atoms with E-state index >= 15 is 0 Å². The summed E-state index contributed by atoms with van der Waals surface area (Å²) in [6.07, 6.45) is 2.51. The lowest BCUT2D eigenvalue weighted by Gasteiger charge is -2.32. The molecule has 0 saturated carbocycles. The SMILES string of the molecule is CC[C@H]1[C@H](C)OCC[C@@H]1Cl. The zero-order valence-electron chi connectivity index (χ0n) is 6.64. The molecule has 2 heteroatoms. The van der Waals surface area contributed by atoms with Gasteiger partial charge in [-0.2, -0.15) is 0 Å². The van der Waals surface area contributed by atoms with Crippen LogP contribution in [0.5, 0.6) is 0 Å². The highest BCUT2D eigenvalue weighted by atomic mass is 35.5. The fraction of sp³-hybridized carbons (Fsp3) is 1.00. The third-order valence-electron chi connectivity index (χ3n) is 2.31. The highest BCUT2D eigenvalue weighted by Gasteiger charge is 2.28. The number of halogens is 1. The van der Waals surface area contributed by atoms with E-state index < -0.39 is 0 Å². The van der Waals surface area contributed by atoms with Crippen LogP contribution in [0.2, 0.25) is 0 Å². The standard InChI is InChI=1S/C8H15ClO/c1-3-7-6(2)10-5-4-8(7)9/h6-8H,3-5H2,1-2H3/t6-,7-,8-/m0/s1. The Labute approximate surface area is 67.7 Å². The molecule has 1 fully saturated rings. The number of hydrogen-bond donors (Lipinski definition) is 0. The van der Waals surface area contributed by atoms with Gasteiger partial charge in [-0.1, -0.05) is 6.92 Å². The summed E-state index contributed by atoms with van der Waals surface area (Å²) in [6, 6.07) is 0. The maximum atomic E-state index is 6.10. The van der Waals surface area contributed by atoms with E-state index in [1.165, 1.54) is 0 Å². The molecule has 1 rings (SSSR count). The van der Waals surface area contributed by atoms with Gasteiger partial charge in [-0.15, -0.1) is 11.6 Å². The second-order valence-electron chi connectivity index (χ2n) is 2.95. The third kappa shape index (κ3) is 1.64. The Balaban J connectivity index is 2.45. The van der Waals surface area contributed by atoms with E-state index in [9.17, 15) is 0 Å². The topological polar surface area (TPSA) is 9.23 Å². The highest BCUT2D eigenvalue weighted by molar-refractivity contribution is 6.20. The van der Waals surface area contributed by atoms with Crippen molar-refractivity contribution in [1.29, 1.82) is 0 Å². The first-order valence-corrected chi connectivity index (χ1v) is 4.45. The average Bonchev–Trinajstić information content (AvgIpc) is 1.88. The molecule has 0 spiro atoms. The molecule has 0 aromatic carbocycles. The summed E-state index contributed by atoms with van der Waals surface area (Å²) in [7, 11) is 0. The predicted molar refractivity (Wildman–Crippen MR) is 43.5 cm³/mol. The van der Waals surface area contributed by atoms with Gasteiger partial charge in [0.05, 0.1) is 6.10 Å². The van der Waals surface area contributed by atoms with Gasteiger partial charge >= 0.3 is 0 Å². The molecule has 1 aliphatic heterocycles. The molecule has 60 valence electrons. The fourth-order valence-corrected chi connectivity index (χ4v) is 2.06. The van der Waals surface area contributed by atoms with E-state index in [4.69, 9.17) is 16.3 Å². The Hall–Kier alpha value is 0.250. The van der Waals surface area contributed by atoms with Crippen LogP contribution >= 0.6 is 11.6 Å². The lowest BCUT2D eigenvalue weighted by Crippen LogP contribution is -2.34. The van der Waals surface area contributed by atoms with Crippen LogP contribution in [0.25, 0.3) is 0 Å². The van der Waals surface area contributed by atoms with Crippen molar-refractivity contribution in [3.63, 3.8) is 0 Å². The molecule has 10 heavy (non-hydrogen) atoms. The van der Waals surface area contributed by atoms with Crippen LogP contribution in [0.4, 0.5) is 0 Å². The van der Waals surface area contributed by atoms with Crippen LogP contribution in [0.1, 0.15) is 26.7 Å². The van der Waals surface area contributed by atoms with Crippen LogP contribution in [0.3, 0.4) is 0 Å². The first kappa shape index (κ1) is 8.35. The van der Waals surface area contributed by atoms with Crippen LogP contribution in [-0.2, 0) is 4.74 Å². The summed E-state index contributed by atoms with van der Waals surface area (Å²) in [5.74, 6) is 0.565. The smallest absolute Gasteiger partial charge is 0.0589 e. The first-order chi connectivity index (χ1) is 4.75. The molecule has 0 unspecified atom stereocenters. The summed E-state index contributed by atoms with van der Waals surface area (Å²) in [6.45, 7) is 5.12. The molecular formula is C8H15ClO. The molecule has 3 atom stereocenters. The normalized spacial score (nSPS) is 41.7. The van der Waals surface area contributed by atoms with E-state index in [1.54, 1.807) is 0 Å². The lowest BCUT2D eigenvalue weighted by molar-refractivity contribution is -0.0128. The summed E-state index contributed by atoms with van der Waals surface area (Å²) in [4.78, 5) is 0. The Kier molecular flexibility index (Phi) is 2.99. The molecule has 1 heterocycles. The maximum absolute atomic E-state index is 6.10. The third-order valence-corrected chi connectivity index (χ3v) is 2.86. The Morgan fingerprint density at radius 1 is 1.60 bits per heavy atom. The van der Waals surface area contributed by atoms with Crippen LogP contribution in [0, 0.1) is 5.92 Å². The Morgan fingerprint density at radius 3 is 2.70 bits per heavy atom. The Bertz CT molecular complexity index is 95.4. The van der Waals surface area contributed by atoms with E-state index in [0.717, 1.165) is 19.4 Å². The van der Waals surface area contributed by atoms with Gasteiger partial charge in [-0.05, 0) is 19.8 Å². The first-order valence-electron chi connectivity index (χ1n) is 4.01. The van der Waals surface area contributed by atoms with Crippen molar-refractivity contribution in [2.45, 2.75) is 38.2 Å². The molecule has 0 amide bonds. The van der Waals surface area contributed by atoms with Crippen molar-refractivity contribution in [1.82, 2.24) is 0 Å². The van der Waals surface area contributed by atoms with Crippen LogP contribution in [-0.4, -0.2) is 18.1 Å². The summed E-state index contributed by atoms with van der Waals surface area (Å²) < 4.78 is 5.47. The van der Waals surface area contributed by atoms with Crippen molar-refractivity contribution < 1.29 is 4.74 Å². The van der Waals surface area contributed by atoms with Gasteiger partial charge in [-0.25, -0.2) is 0 Å². The zero-order chi connectivity index (χ0) is 7.56. The summed E-state index contributed by atoms with van der Waals surface area (Å²) >= 11 is 6.10. The van der Waals surface area contributed by atoms with Gasteiger partial charge < -0.3 is 4.74 Å². The zero-order valence-corrected chi connectivity index (χ0v) is 7.40. The van der Waals surface area contributed by atoms with Gasteiger partial charge in [0.1, 0.15) is 0 Å². The van der Waals surface area contributed by atoms with Crippen molar-refractivity contribution in [3.05, 3.63) is 0 Å². The summed E-state index contributed by atoms with van der Waals surface area (Å²) in [5.41, 5.74) is 0. The molecule has 0 aromatic rings. The van der Waals surface area contributed by atoms with Crippen molar-refractivity contribution in [2.75, 3.05) is 6.61 Å². The van der Waals surface area contributed by atoms with Crippen LogP contribution in [0.15, 0.2) is 0 Å². The largest absolute Gasteiger partial charge is 0.378 e. The van der Waals surface area contributed by atoms with E-state index in [0.29, 0.717) is 17.4 Å². The average molecular weight is 163 g/mol. The molecule has 0 aliphatic carbocycles. The minimum Gasteiger partial charge on any atom is -0.378 e. The fourth-order valence-electron chi connectivity index (χ4n) is 1.59. The predicted octanol–water partition coefficient (Wildman–Crippen LogP) is 2.43. The molecule has 1 saturated heterocycles. The van der Waals surface area contributed by atoms with Gasteiger partial charge in [0.2, 0.25) is 0 Å². The molecular weight excluding hydrogens is 148 g/mol. The second kappa shape index (κ2) is 3.59.